The van der Waals surface area contributed by atoms with E-state index in [1.807, 2.05) is 12.3 Å². The van der Waals surface area contributed by atoms with Gasteiger partial charge in [-0.1, -0.05) is 0 Å². The van der Waals surface area contributed by atoms with E-state index in [9.17, 15) is 13.2 Å². The molecule has 0 unspecified atom stereocenters. The molecule has 2 aromatic rings. The molecule has 9 heteroatoms. The van der Waals surface area contributed by atoms with Gasteiger partial charge in [0.15, 0.2) is 0 Å². The first-order valence-electron chi connectivity index (χ1n) is 7.13. The third-order valence-electron chi connectivity index (χ3n) is 3.85. The van der Waals surface area contributed by atoms with Gasteiger partial charge in [-0.05, 0) is 31.9 Å². The number of sulfonamides is 1. The van der Waals surface area contributed by atoms with Gasteiger partial charge < -0.3 is 5.11 Å². The van der Waals surface area contributed by atoms with Crippen molar-refractivity contribution in [3.8, 4) is 10.6 Å². The van der Waals surface area contributed by atoms with E-state index in [4.69, 9.17) is 5.11 Å². The van der Waals surface area contributed by atoms with E-state index >= 15 is 0 Å². The van der Waals surface area contributed by atoms with E-state index in [1.54, 1.807) is 12.1 Å². The molecule has 3 heterocycles. The van der Waals surface area contributed by atoms with Crippen LogP contribution in [0.15, 0.2) is 21.7 Å². The van der Waals surface area contributed by atoms with E-state index in [0.717, 1.165) is 15.6 Å². The van der Waals surface area contributed by atoms with Gasteiger partial charge >= 0.3 is 5.97 Å². The average Bonchev–Trinajstić information content (AvgIpc) is 3.16. The van der Waals surface area contributed by atoms with Crippen molar-refractivity contribution >= 4 is 38.7 Å². The zero-order valence-electron chi connectivity index (χ0n) is 12.4. The van der Waals surface area contributed by atoms with Crippen LogP contribution in [0.1, 0.15) is 17.8 Å². The number of thiophene rings is 1. The monoisotopic (exact) mass is 372 g/mol. The first kappa shape index (κ1) is 16.6. The first-order valence-corrected chi connectivity index (χ1v) is 10.3. The van der Waals surface area contributed by atoms with Gasteiger partial charge in [0.25, 0.3) is 10.0 Å². The van der Waals surface area contributed by atoms with Gasteiger partial charge in [-0.3, -0.25) is 4.79 Å². The smallest absolute Gasteiger partial charge is 0.306 e. The van der Waals surface area contributed by atoms with Crippen LogP contribution in [0, 0.1) is 12.8 Å². The SMILES string of the molecule is Cc1nc(-c2ccc(S(=O)(=O)N3CCC(C(=O)O)CC3)s2)cs1. The Morgan fingerprint density at radius 1 is 1.35 bits per heavy atom. The fraction of sp³-hybridized carbons (Fsp3) is 0.429. The number of hydrogen-bond acceptors (Lipinski definition) is 6. The highest BCUT2D eigenvalue weighted by molar-refractivity contribution is 7.91. The minimum absolute atomic E-state index is 0.252. The van der Waals surface area contributed by atoms with Crippen molar-refractivity contribution in [1.29, 1.82) is 0 Å². The van der Waals surface area contributed by atoms with Crippen LogP contribution in [0.2, 0.25) is 0 Å². The van der Waals surface area contributed by atoms with Gasteiger partial charge in [0, 0.05) is 18.5 Å². The summed E-state index contributed by atoms with van der Waals surface area (Å²) in [5, 5.41) is 11.9. The lowest BCUT2D eigenvalue weighted by atomic mass is 9.99. The third kappa shape index (κ3) is 3.32. The van der Waals surface area contributed by atoms with Gasteiger partial charge in [-0.25, -0.2) is 13.4 Å². The molecule has 1 fully saturated rings. The molecule has 0 aromatic carbocycles. The molecule has 2 aromatic heterocycles. The predicted octanol–water partition coefficient (Wildman–Crippen LogP) is 2.67. The maximum absolute atomic E-state index is 12.7. The Balaban J connectivity index is 1.78. The molecule has 23 heavy (non-hydrogen) atoms. The number of aliphatic carboxylic acids is 1. The summed E-state index contributed by atoms with van der Waals surface area (Å²) >= 11 is 2.73. The molecule has 1 aliphatic rings. The second kappa shape index (κ2) is 6.31. The number of aryl methyl sites for hydroxylation is 1. The fourth-order valence-corrected chi connectivity index (χ4v) is 6.12. The molecular formula is C14H16N2O4S3. The van der Waals surface area contributed by atoms with Gasteiger partial charge in [-0.2, -0.15) is 4.31 Å². The van der Waals surface area contributed by atoms with E-state index in [0.29, 0.717) is 12.8 Å². The van der Waals surface area contributed by atoms with Gasteiger partial charge in [0.1, 0.15) is 4.21 Å². The first-order chi connectivity index (χ1) is 10.9. The van der Waals surface area contributed by atoms with Gasteiger partial charge in [0.05, 0.1) is 21.5 Å². The number of rotatable bonds is 4. The number of thiazole rings is 1. The summed E-state index contributed by atoms with van der Waals surface area (Å²) in [6.45, 7) is 2.41. The molecule has 6 nitrogen and oxygen atoms in total. The summed E-state index contributed by atoms with van der Waals surface area (Å²) in [4.78, 5) is 16.2. The summed E-state index contributed by atoms with van der Waals surface area (Å²) in [7, 11) is -3.56. The Kier molecular flexibility index (Phi) is 4.54. The van der Waals surface area contributed by atoms with E-state index < -0.39 is 21.9 Å². The topological polar surface area (TPSA) is 87.6 Å². The van der Waals surface area contributed by atoms with Crippen molar-refractivity contribution in [2.75, 3.05) is 13.1 Å². The summed E-state index contributed by atoms with van der Waals surface area (Å²) in [6, 6.07) is 3.38. The molecule has 3 rings (SSSR count). The van der Waals surface area contributed by atoms with E-state index in [2.05, 4.69) is 4.98 Å². The van der Waals surface area contributed by atoms with Crippen LogP contribution in [0.4, 0.5) is 0 Å². The maximum atomic E-state index is 12.7. The summed E-state index contributed by atoms with van der Waals surface area (Å²) < 4.78 is 27.0. The van der Waals surface area contributed by atoms with Crippen molar-refractivity contribution in [3.05, 3.63) is 22.5 Å². The molecule has 0 radical (unpaired) electrons. The van der Waals surface area contributed by atoms with Crippen LogP contribution in [-0.4, -0.2) is 41.9 Å². The zero-order chi connectivity index (χ0) is 16.6. The van der Waals surface area contributed by atoms with Crippen LogP contribution in [0.3, 0.4) is 0 Å². The number of nitrogens with zero attached hydrogens (tertiary/aromatic N) is 2. The van der Waals surface area contributed by atoms with Crippen molar-refractivity contribution in [1.82, 2.24) is 9.29 Å². The standard InChI is InChI=1S/C14H16N2O4S3/c1-9-15-11(8-21-9)12-2-3-13(22-12)23(19,20)16-6-4-10(5-7-16)14(17)18/h2-3,8,10H,4-7H2,1H3,(H,17,18). The normalized spacial score (nSPS) is 17.4. The second-order valence-corrected chi connectivity index (χ2v) is 9.70. The van der Waals surface area contributed by atoms with Crippen LogP contribution in [0.25, 0.3) is 10.6 Å². The number of carboxylic acid groups (broad SMARTS) is 1. The Labute approximate surface area is 142 Å². The number of carbonyl (C=O) groups is 1. The molecular weight excluding hydrogens is 356 g/mol. The minimum atomic E-state index is -3.56. The van der Waals surface area contributed by atoms with Crippen molar-refractivity contribution in [3.63, 3.8) is 0 Å². The minimum Gasteiger partial charge on any atom is -0.481 e. The number of aromatic nitrogens is 1. The average molecular weight is 372 g/mol. The van der Waals surface area contributed by atoms with Crippen molar-refractivity contribution in [2.24, 2.45) is 5.92 Å². The molecule has 0 bridgehead atoms. The summed E-state index contributed by atoms with van der Waals surface area (Å²) in [6.07, 6.45) is 0.718. The fourth-order valence-electron chi connectivity index (χ4n) is 2.54. The largest absolute Gasteiger partial charge is 0.481 e. The van der Waals surface area contributed by atoms with Crippen LogP contribution in [0.5, 0.6) is 0 Å². The quantitative estimate of drug-likeness (QED) is 0.891. The number of piperidine rings is 1. The molecule has 0 aliphatic carbocycles. The van der Waals surface area contributed by atoms with Crippen molar-refractivity contribution < 1.29 is 18.3 Å². The Bertz CT molecular complexity index is 817. The molecule has 124 valence electrons. The lowest BCUT2D eigenvalue weighted by Crippen LogP contribution is -2.39. The lowest BCUT2D eigenvalue weighted by Gasteiger charge is -2.28. The summed E-state index contributed by atoms with van der Waals surface area (Å²) in [5.74, 6) is -1.29. The molecule has 0 amide bonds. The Morgan fingerprint density at radius 3 is 2.61 bits per heavy atom. The number of carboxylic acids is 1. The van der Waals surface area contributed by atoms with Crippen LogP contribution in [-0.2, 0) is 14.8 Å². The molecule has 0 atom stereocenters. The molecule has 1 N–H and O–H groups in total. The molecule has 0 spiro atoms. The predicted molar refractivity (Wildman–Crippen MR) is 89.3 cm³/mol. The van der Waals surface area contributed by atoms with Crippen LogP contribution >= 0.6 is 22.7 Å². The van der Waals surface area contributed by atoms with E-state index in [-0.39, 0.29) is 17.3 Å². The van der Waals surface area contributed by atoms with E-state index in [1.165, 1.54) is 27.0 Å². The zero-order valence-corrected chi connectivity index (χ0v) is 14.9. The molecule has 0 saturated carbocycles. The lowest BCUT2D eigenvalue weighted by molar-refractivity contribution is -0.142. The highest BCUT2D eigenvalue weighted by atomic mass is 32.2. The maximum Gasteiger partial charge on any atom is 0.306 e. The highest BCUT2D eigenvalue weighted by Gasteiger charge is 2.32. The molecule has 1 saturated heterocycles. The number of hydrogen-bond donors (Lipinski definition) is 1. The third-order valence-corrected chi connectivity index (χ3v) is 8.10. The van der Waals surface area contributed by atoms with Gasteiger partial charge in [-0.15, -0.1) is 22.7 Å². The Hall–Kier alpha value is -1.29. The molecule has 1 aliphatic heterocycles. The van der Waals surface area contributed by atoms with Crippen molar-refractivity contribution in [2.45, 2.75) is 24.0 Å². The summed E-state index contributed by atoms with van der Waals surface area (Å²) in [5.41, 5.74) is 0.795. The Morgan fingerprint density at radius 2 is 2.04 bits per heavy atom. The second-order valence-electron chi connectivity index (χ2n) is 5.39. The van der Waals surface area contributed by atoms with Gasteiger partial charge in [0.2, 0.25) is 0 Å². The van der Waals surface area contributed by atoms with Crippen LogP contribution < -0.4 is 0 Å². The highest BCUT2D eigenvalue weighted by Crippen LogP contribution is 2.34.